The van der Waals surface area contributed by atoms with Crippen molar-refractivity contribution in [3.63, 3.8) is 0 Å². The average Bonchev–Trinajstić information content (AvgIpc) is 3.26. The van der Waals surface area contributed by atoms with Crippen molar-refractivity contribution in [3.05, 3.63) is 83.8 Å². The van der Waals surface area contributed by atoms with E-state index in [1.54, 1.807) is 6.26 Å². The highest BCUT2D eigenvalue weighted by Gasteiger charge is 2.39. The smallest absolute Gasteiger partial charge is 0.286 e. The Morgan fingerprint density at radius 2 is 1.91 bits per heavy atom. The molecule has 3 aromatic rings. The number of fused-ring (bicyclic) bond motifs is 1. The minimum absolute atomic E-state index is 0.0613. The molecule has 168 valence electrons. The van der Waals surface area contributed by atoms with Crippen molar-refractivity contribution in [1.29, 1.82) is 0 Å². The SMILES string of the molecule is CCO[C@H]1OC(C(=O)NCc2ccccc2)=C[C@@H](c2coc3ccccc23)[C@H]1CCCO. The van der Waals surface area contributed by atoms with Gasteiger partial charge in [-0.05, 0) is 37.5 Å². The Morgan fingerprint density at radius 3 is 2.69 bits per heavy atom. The molecule has 6 heteroatoms. The van der Waals surface area contributed by atoms with Crippen molar-refractivity contribution in [1.82, 2.24) is 5.32 Å². The summed E-state index contributed by atoms with van der Waals surface area (Å²) in [7, 11) is 0. The molecule has 1 amide bonds. The summed E-state index contributed by atoms with van der Waals surface area (Å²) < 4.78 is 17.8. The zero-order chi connectivity index (χ0) is 22.3. The van der Waals surface area contributed by atoms with E-state index in [2.05, 4.69) is 5.32 Å². The van der Waals surface area contributed by atoms with Gasteiger partial charge in [-0.2, -0.15) is 0 Å². The fourth-order valence-electron chi connectivity index (χ4n) is 4.24. The Hall–Kier alpha value is -3.09. The monoisotopic (exact) mass is 435 g/mol. The third-order valence-corrected chi connectivity index (χ3v) is 5.80. The quantitative estimate of drug-likeness (QED) is 0.517. The number of nitrogens with one attached hydrogen (secondary N) is 1. The number of ether oxygens (including phenoxy) is 2. The van der Waals surface area contributed by atoms with Crippen LogP contribution in [0.15, 0.2) is 77.1 Å². The van der Waals surface area contributed by atoms with Gasteiger partial charge in [0.05, 0.1) is 6.26 Å². The maximum absolute atomic E-state index is 13.0. The molecule has 0 saturated heterocycles. The fourth-order valence-corrected chi connectivity index (χ4v) is 4.24. The van der Waals surface area contributed by atoms with Gasteiger partial charge < -0.3 is 24.3 Å². The lowest BCUT2D eigenvalue weighted by atomic mass is 9.80. The lowest BCUT2D eigenvalue weighted by molar-refractivity contribution is -0.166. The number of rotatable bonds is 9. The first kappa shape index (κ1) is 22.1. The van der Waals surface area contributed by atoms with E-state index in [1.165, 1.54) is 0 Å². The first-order valence-electron chi connectivity index (χ1n) is 11.1. The zero-order valence-electron chi connectivity index (χ0n) is 18.2. The number of carbonyl (C=O) groups is 1. The maximum atomic E-state index is 13.0. The Kier molecular flexibility index (Phi) is 7.24. The molecule has 0 radical (unpaired) electrons. The van der Waals surface area contributed by atoms with Gasteiger partial charge in [-0.1, -0.05) is 48.5 Å². The molecule has 2 heterocycles. The second kappa shape index (κ2) is 10.5. The van der Waals surface area contributed by atoms with Gasteiger partial charge in [0.25, 0.3) is 5.91 Å². The van der Waals surface area contributed by atoms with E-state index in [9.17, 15) is 9.90 Å². The van der Waals surface area contributed by atoms with Crippen molar-refractivity contribution < 1.29 is 23.8 Å². The predicted molar refractivity (Wildman–Crippen MR) is 122 cm³/mol. The molecule has 0 unspecified atom stereocenters. The van der Waals surface area contributed by atoms with Crippen LogP contribution in [0.3, 0.4) is 0 Å². The first-order chi connectivity index (χ1) is 15.7. The van der Waals surface area contributed by atoms with Crippen LogP contribution in [0.2, 0.25) is 0 Å². The molecular formula is C26H29NO5. The number of allylic oxidation sites excluding steroid dienone is 1. The second-order valence-corrected chi connectivity index (χ2v) is 7.88. The topological polar surface area (TPSA) is 80.9 Å². The highest BCUT2D eigenvalue weighted by atomic mass is 16.7. The molecule has 0 aliphatic carbocycles. The molecular weight excluding hydrogens is 406 g/mol. The van der Waals surface area contributed by atoms with E-state index in [0.717, 1.165) is 22.1 Å². The Balaban J connectivity index is 1.65. The van der Waals surface area contributed by atoms with E-state index in [-0.39, 0.29) is 30.1 Å². The summed E-state index contributed by atoms with van der Waals surface area (Å²) in [6, 6.07) is 17.6. The number of benzene rings is 2. The molecule has 6 nitrogen and oxygen atoms in total. The summed E-state index contributed by atoms with van der Waals surface area (Å²) in [5.74, 6) is -0.242. The molecule has 0 spiro atoms. The number of hydrogen-bond acceptors (Lipinski definition) is 5. The van der Waals surface area contributed by atoms with Crippen LogP contribution in [0.4, 0.5) is 0 Å². The van der Waals surface area contributed by atoms with E-state index < -0.39 is 6.29 Å². The molecule has 1 aliphatic heterocycles. The van der Waals surface area contributed by atoms with Gasteiger partial charge in [0.15, 0.2) is 5.76 Å². The number of aliphatic hydroxyl groups excluding tert-OH is 1. The van der Waals surface area contributed by atoms with Crippen LogP contribution < -0.4 is 5.32 Å². The lowest BCUT2D eigenvalue weighted by Gasteiger charge is -2.36. The molecule has 0 saturated carbocycles. The number of hydrogen-bond donors (Lipinski definition) is 2. The second-order valence-electron chi connectivity index (χ2n) is 7.88. The molecule has 1 aromatic heterocycles. The van der Waals surface area contributed by atoms with Crippen molar-refractivity contribution in [2.24, 2.45) is 5.92 Å². The van der Waals surface area contributed by atoms with E-state index in [4.69, 9.17) is 13.9 Å². The lowest BCUT2D eigenvalue weighted by Crippen LogP contribution is -2.38. The summed E-state index contributed by atoms with van der Waals surface area (Å²) in [6.07, 6.45) is 4.35. The van der Waals surface area contributed by atoms with Crippen LogP contribution in [0, 0.1) is 5.92 Å². The molecule has 2 N–H and O–H groups in total. The summed E-state index contributed by atoms with van der Waals surface area (Å²) in [6.45, 7) is 2.86. The van der Waals surface area contributed by atoms with Crippen molar-refractivity contribution in [2.45, 2.75) is 38.5 Å². The summed E-state index contributed by atoms with van der Waals surface area (Å²) in [4.78, 5) is 13.0. The number of para-hydroxylation sites is 1. The Bertz CT molecular complexity index is 1060. The van der Waals surface area contributed by atoms with Crippen LogP contribution >= 0.6 is 0 Å². The number of amides is 1. The normalized spacial score (nSPS) is 20.6. The highest BCUT2D eigenvalue weighted by Crippen LogP contribution is 2.42. The van der Waals surface area contributed by atoms with Crippen LogP contribution in [-0.4, -0.2) is 30.5 Å². The molecule has 3 atom stereocenters. The summed E-state index contributed by atoms with van der Waals surface area (Å²) >= 11 is 0. The van der Waals surface area contributed by atoms with Gasteiger partial charge in [0.2, 0.25) is 6.29 Å². The molecule has 4 rings (SSSR count). The van der Waals surface area contributed by atoms with Crippen molar-refractivity contribution in [3.8, 4) is 0 Å². The van der Waals surface area contributed by atoms with Gasteiger partial charge in [0.1, 0.15) is 5.58 Å². The highest BCUT2D eigenvalue weighted by molar-refractivity contribution is 5.92. The number of furan rings is 1. The Morgan fingerprint density at radius 1 is 1.12 bits per heavy atom. The third-order valence-electron chi connectivity index (χ3n) is 5.80. The summed E-state index contributed by atoms with van der Waals surface area (Å²) in [5, 5.41) is 13.4. The Labute approximate surface area is 187 Å². The minimum atomic E-state index is -0.590. The van der Waals surface area contributed by atoms with Gasteiger partial charge in [-0.3, -0.25) is 4.79 Å². The number of aliphatic hydroxyl groups is 1. The molecule has 0 bridgehead atoms. The van der Waals surface area contributed by atoms with Crippen molar-refractivity contribution >= 4 is 16.9 Å². The van der Waals surface area contributed by atoms with Crippen LogP contribution in [0.5, 0.6) is 0 Å². The standard InChI is InChI=1S/C26H29NO5/c1-2-30-26-20(12-8-14-28)21(22-17-31-23-13-7-6-11-19(22)23)15-24(32-26)25(29)27-16-18-9-4-3-5-10-18/h3-7,9-11,13,15,17,20-21,26,28H,2,8,12,14,16H2,1H3,(H,27,29)/t20-,21-,26+/m1/s1. The molecule has 0 fully saturated rings. The number of carbonyl (C=O) groups excluding carboxylic acids is 1. The van der Waals surface area contributed by atoms with Gasteiger partial charge >= 0.3 is 0 Å². The summed E-state index contributed by atoms with van der Waals surface area (Å²) in [5.41, 5.74) is 2.80. The fraction of sp³-hybridized carbons (Fsp3) is 0.346. The first-order valence-corrected chi connectivity index (χ1v) is 11.1. The van der Waals surface area contributed by atoms with Crippen LogP contribution in [0.1, 0.15) is 36.8 Å². The molecule has 1 aliphatic rings. The van der Waals surface area contributed by atoms with E-state index >= 15 is 0 Å². The maximum Gasteiger partial charge on any atom is 0.286 e. The van der Waals surface area contributed by atoms with Crippen molar-refractivity contribution in [2.75, 3.05) is 13.2 Å². The van der Waals surface area contributed by atoms with E-state index in [1.807, 2.05) is 67.6 Å². The van der Waals surface area contributed by atoms with Gasteiger partial charge in [-0.15, -0.1) is 0 Å². The van der Waals surface area contributed by atoms with Crippen LogP contribution in [0.25, 0.3) is 11.0 Å². The third kappa shape index (κ3) is 4.87. The molecule has 2 aromatic carbocycles. The predicted octanol–water partition coefficient (Wildman–Crippen LogP) is 4.50. The van der Waals surface area contributed by atoms with Gasteiger partial charge in [0, 0.05) is 42.5 Å². The van der Waals surface area contributed by atoms with Crippen LogP contribution in [-0.2, 0) is 20.8 Å². The van der Waals surface area contributed by atoms with E-state index in [0.29, 0.717) is 26.0 Å². The average molecular weight is 436 g/mol. The zero-order valence-corrected chi connectivity index (χ0v) is 18.2. The largest absolute Gasteiger partial charge is 0.464 e. The van der Waals surface area contributed by atoms with Gasteiger partial charge in [-0.25, -0.2) is 0 Å². The molecule has 32 heavy (non-hydrogen) atoms. The minimum Gasteiger partial charge on any atom is -0.464 e.